The lowest BCUT2D eigenvalue weighted by molar-refractivity contribution is -0.183. The van der Waals surface area contributed by atoms with E-state index in [9.17, 15) is 14.4 Å². The number of hydroxylamine groups is 1. The minimum Gasteiger partial charge on any atom is -0.431 e. The molecule has 0 heterocycles. The van der Waals surface area contributed by atoms with Crippen LogP contribution in [0.4, 0.5) is 0 Å². The number of carbonyl (C=O) groups excluding carboxylic acids is 3. The number of hydrogen-bond donors (Lipinski definition) is 3. The molecule has 4 rings (SSSR count). The Morgan fingerprint density at radius 1 is 0.526 bits per heavy atom. The molecule has 3 atom stereocenters. The van der Waals surface area contributed by atoms with Crippen LogP contribution in [0.25, 0.3) is 11.1 Å². The molecule has 4 aromatic rings. The number of benzene rings is 4. The van der Waals surface area contributed by atoms with E-state index >= 15 is 0 Å². The van der Waals surface area contributed by atoms with Crippen LogP contribution < -0.4 is 21.7 Å². The third-order valence-electron chi connectivity index (χ3n) is 7.35. The fourth-order valence-corrected chi connectivity index (χ4v) is 8.45. The summed E-state index contributed by atoms with van der Waals surface area (Å²) >= 11 is 93.2. The first-order valence-electron chi connectivity index (χ1n) is 14.6. The molecular weight excluding hydrogens is 1130 g/mol. The Hall–Kier alpha value is -0.000000000000000389. The van der Waals surface area contributed by atoms with E-state index in [0.29, 0.717) is 11.1 Å². The van der Waals surface area contributed by atoms with Crippen LogP contribution in [-0.2, 0) is 36.8 Å². The number of nitrogens with two attached hydrogens (primary N) is 2. The van der Waals surface area contributed by atoms with Gasteiger partial charge in [0.25, 0.3) is 6.23 Å². The molecule has 4 aromatic carbocycles. The van der Waals surface area contributed by atoms with Gasteiger partial charge in [0.15, 0.2) is 5.75 Å². The molecular formula is C32H17BrCl15N3O6. The SMILES string of the molecule is Br.NC(Cc1ccccc1-c1c(Cl)c(Cl)c(Cl)c(Cl)c1Cl)C(=O)ONC(OC(=O)C(N)Cc1c(Cl)c(Cl)c(Cl)c(Cl)c1Cl)C(=O)Oc1c(Cl)c(Cl)c(Cl)c(Cl)c1Cl. The first-order chi connectivity index (χ1) is 26.1. The molecule has 5 N–H and O–H groups in total. The number of carbonyl (C=O) groups is 3. The van der Waals surface area contributed by atoms with Gasteiger partial charge >= 0.3 is 17.9 Å². The van der Waals surface area contributed by atoms with Crippen molar-refractivity contribution in [3.8, 4) is 16.9 Å². The monoisotopic (exact) mass is 1140 g/mol. The van der Waals surface area contributed by atoms with Gasteiger partial charge in [-0.05, 0) is 23.1 Å². The molecule has 0 radical (unpaired) electrons. The summed E-state index contributed by atoms with van der Waals surface area (Å²) < 4.78 is 10.5. The third-order valence-corrected chi connectivity index (χ3v) is 14.2. The van der Waals surface area contributed by atoms with Crippen LogP contribution in [0.2, 0.25) is 75.3 Å². The van der Waals surface area contributed by atoms with E-state index in [-0.39, 0.29) is 99.8 Å². The van der Waals surface area contributed by atoms with Crippen molar-refractivity contribution >= 4 is 209 Å². The number of rotatable bonds is 12. The van der Waals surface area contributed by atoms with E-state index in [2.05, 4.69) is 0 Å². The second-order valence-corrected chi connectivity index (χ2v) is 16.6. The molecule has 9 nitrogen and oxygen atoms in total. The van der Waals surface area contributed by atoms with Gasteiger partial charge in [-0.1, -0.05) is 198 Å². The van der Waals surface area contributed by atoms with Crippen LogP contribution in [0.1, 0.15) is 11.1 Å². The minimum absolute atomic E-state index is 0. The molecule has 0 spiro atoms. The van der Waals surface area contributed by atoms with Crippen molar-refractivity contribution < 1.29 is 28.7 Å². The maximum absolute atomic E-state index is 13.5. The molecule has 25 heteroatoms. The molecule has 0 amide bonds. The Kier molecular flexibility index (Phi) is 19.7. The zero-order valence-corrected chi connectivity index (χ0v) is 40.2. The highest BCUT2D eigenvalue weighted by atomic mass is 79.9. The fraction of sp³-hybridized carbons (Fsp3) is 0.156. The Morgan fingerprint density at radius 3 is 1.42 bits per heavy atom. The average Bonchev–Trinajstić information content (AvgIpc) is 3.18. The van der Waals surface area contributed by atoms with Gasteiger partial charge in [-0.2, -0.15) is 0 Å². The van der Waals surface area contributed by atoms with Crippen LogP contribution in [0.15, 0.2) is 24.3 Å². The van der Waals surface area contributed by atoms with E-state index in [0.717, 1.165) is 0 Å². The molecule has 57 heavy (non-hydrogen) atoms. The van der Waals surface area contributed by atoms with Crippen molar-refractivity contribution in [2.45, 2.75) is 31.2 Å². The second-order valence-electron chi connectivity index (χ2n) is 10.9. The molecule has 308 valence electrons. The van der Waals surface area contributed by atoms with Crippen LogP contribution in [-0.4, -0.2) is 36.2 Å². The van der Waals surface area contributed by atoms with E-state index in [4.69, 9.17) is 200 Å². The Bertz CT molecular complexity index is 2180. The van der Waals surface area contributed by atoms with Crippen molar-refractivity contribution in [3.63, 3.8) is 0 Å². The third kappa shape index (κ3) is 11.3. The standard InChI is InChI=1S/C32H16Cl15N3O6.BrH/c33-13-9(14(34)18(38)21(41)17(13)37)6-11(49)30(51)55-29(32(53)54-28-26(46)24(44)23(43)25(45)27(28)47)50-56-31(52)10(48)5-7-3-1-2-4-8(7)12-15(35)19(39)22(42)20(40)16(12)36;/h1-4,10-11,29,50H,5-6,48-49H2;1H. The normalized spacial score (nSPS) is 12.7. The Balaban J connectivity index is 0.00000870. The highest BCUT2D eigenvalue weighted by Crippen LogP contribution is 2.50. The van der Waals surface area contributed by atoms with E-state index in [1.165, 1.54) is 0 Å². The van der Waals surface area contributed by atoms with Gasteiger partial charge in [-0.25, -0.2) is 9.59 Å². The summed E-state index contributed by atoms with van der Waals surface area (Å²) in [6.07, 6.45) is -2.96. The first kappa shape index (κ1) is 51.4. The van der Waals surface area contributed by atoms with Crippen molar-refractivity contribution in [1.29, 1.82) is 0 Å². The lowest BCUT2D eigenvalue weighted by Crippen LogP contribution is -2.49. The quantitative estimate of drug-likeness (QED) is 0.0315. The van der Waals surface area contributed by atoms with E-state index < -0.39 is 58.4 Å². The van der Waals surface area contributed by atoms with Crippen molar-refractivity contribution in [2.24, 2.45) is 11.5 Å². The van der Waals surface area contributed by atoms with Crippen molar-refractivity contribution in [2.75, 3.05) is 0 Å². The molecule has 0 aliphatic carbocycles. The number of hydrogen-bond acceptors (Lipinski definition) is 9. The lowest BCUT2D eigenvalue weighted by atomic mass is 9.95. The zero-order chi connectivity index (χ0) is 42.1. The molecule has 0 aromatic heterocycles. The molecule has 0 aliphatic rings. The van der Waals surface area contributed by atoms with Crippen LogP contribution >= 0.6 is 191 Å². The fourth-order valence-electron chi connectivity index (χ4n) is 4.58. The van der Waals surface area contributed by atoms with Crippen molar-refractivity contribution in [3.05, 3.63) is 111 Å². The largest absolute Gasteiger partial charge is 0.431 e. The summed E-state index contributed by atoms with van der Waals surface area (Å²) in [5, 5.41) is -2.91. The summed E-state index contributed by atoms with van der Waals surface area (Å²) in [6.45, 7) is 0. The summed E-state index contributed by atoms with van der Waals surface area (Å²) in [6, 6.07) is 3.44. The molecule has 0 saturated carbocycles. The number of nitrogens with one attached hydrogen (secondary N) is 1. The van der Waals surface area contributed by atoms with Crippen molar-refractivity contribution in [1.82, 2.24) is 5.48 Å². The number of halogens is 16. The molecule has 3 unspecified atom stereocenters. The Morgan fingerprint density at radius 2 is 0.930 bits per heavy atom. The number of ether oxygens (including phenoxy) is 2. The van der Waals surface area contributed by atoms with E-state index in [1.807, 2.05) is 5.48 Å². The maximum atomic E-state index is 13.5. The Labute approximate surface area is 409 Å². The average molecular weight is 1150 g/mol. The second kappa shape index (κ2) is 21.9. The van der Waals surface area contributed by atoms with Gasteiger partial charge in [0, 0.05) is 12.0 Å². The summed E-state index contributed by atoms with van der Waals surface area (Å²) in [4.78, 5) is 45.1. The molecule has 0 bridgehead atoms. The van der Waals surface area contributed by atoms with Crippen LogP contribution in [0.5, 0.6) is 5.75 Å². The van der Waals surface area contributed by atoms with Gasteiger partial charge in [0.1, 0.15) is 22.1 Å². The minimum atomic E-state index is -2.29. The highest BCUT2D eigenvalue weighted by Gasteiger charge is 2.34. The maximum Gasteiger partial charge on any atom is 0.371 e. The smallest absolute Gasteiger partial charge is 0.371 e. The zero-order valence-electron chi connectivity index (χ0n) is 27.1. The molecule has 0 aliphatic heterocycles. The summed E-state index contributed by atoms with van der Waals surface area (Å²) in [5.41, 5.74) is 15.3. The van der Waals surface area contributed by atoms with E-state index in [1.54, 1.807) is 24.3 Å². The van der Waals surface area contributed by atoms with Gasteiger partial charge in [-0.15, -0.1) is 22.5 Å². The topological polar surface area (TPSA) is 143 Å². The molecule has 0 fully saturated rings. The van der Waals surface area contributed by atoms with Crippen LogP contribution in [0.3, 0.4) is 0 Å². The van der Waals surface area contributed by atoms with Gasteiger partial charge in [0.05, 0.1) is 65.3 Å². The summed E-state index contributed by atoms with van der Waals surface area (Å²) in [5.74, 6) is -4.58. The van der Waals surface area contributed by atoms with Gasteiger partial charge < -0.3 is 25.8 Å². The molecule has 0 saturated heterocycles. The van der Waals surface area contributed by atoms with Gasteiger partial charge in [0.2, 0.25) is 0 Å². The lowest BCUT2D eigenvalue weighted by Gasteiger charge is -2.22. The number of esters is 2. The highest BCUT2D eigenvalue weighted by molar-refractivity contribution is 8.93. The van der Waals surface area contributed by atoms with Crippen LogP contribution in [0, 0.1) is 0 Å². The van der Waals surface area contributed by atoms with Gasteiger partial charge in [-0.3, -0.25) is 4.79 Å². The first-order valence-corrected chi connectivity index (χ1v) is 20.3. The summed E-state index contributed by atoms with van der Waals surface area (Å²) in [7, 11) is 0. The predicted octanol–water partition coefficient (Wildman–Crippen LogP) is 13.7. The predicted molar refractivity (Wildman–Crippen MR) is 238 cm³/mol.